The van der Waals surface area contributed by atoms with Gasteiger partial charge in [0, 0.05) is 7.05 Å². The highest BCUT2D eigenvalue weighted by Gasteiger charge is 2.13. The van der Waals surface area contributed by atoms with Crippen LogP contribution in [0, 0.1) is 5.82 Å². The van der Waals surface area contributed by atoms with Crippen molar-refractivity contribution in [3.8, 4) is 0 Å². The number of benzene rings is 1. The van der Waals surface area contributed by atoms with Crippen LogP contribution in [0.2, 0.25) is 0 Å². The molecule has 0 unspecified atom stereocenters. The van der Waals surface area contributed by atoms with E-state index in [4.69, 9.17) is 5.73 Å². The van der Waals surface area contributed by atoms with Gasteiger partial charge in [0.25, 0.3) is 0 Å². The maximum atomic E-state index is 13.2. The van der Waals surface area contributed by atoms with Crippen LogP contribution in [0.25, 0.3) is 11.2 Å². The van der Waals surface area contributed by atoms with Crippen LogP contribution in [0.1, 0.15) is 11.4 Å². The molecule has 0 fully saturated rings. The average molecular weight is 287 g/mol. The van der Waals surface area contributed by atoms with Gasteiger partial charge in [-0.2, -0.15) is 0 Å². The largest absolute Gasteiger partial charge is 0.371 e. The fourth-order valence-corrected chi connectivity index (χ4v) is 2.08. The van der Waals surface area contributed by atoms with E-state index in [1.54, 1.807) is 17.8 Å². The Morgan fingerprint density at radius 2 is 2.19 bits per heavy atom. The van der Waals surface area contributed by atoms with Crippen LogP contribution in [0.3, 0.4) is 0 Å². The minimum atomic E-state index is -0.287. The van der Waals surface area contributed by atoms with Gasteiger partial charge >= 0.3 is 0 Å². The van der Waals surface area contributed by atoms with Crippen molar-refractivity contribution in [2.75, 3.05) is 12.4 Å². The molecule has 108 valence electrons. The van der Waals surface area contributed by atoms with E-state index in [1.807, 2.05) is 6.07 Å². The molecular weight excluding hydrogens is 273 g/mol. The zero-order valence-electron chi connectivity index (χ0n) is 11.4. The summed E-state index contributed by atoms with van der Waals surface area (Å²) in [4.78, 5) is 8.60. The average Bonchev–Trinajstić information content (AvgIpc) is 2.89. The Labute approximate surface area is 120 Å². The van der Waals surface area contributed by atoms with Crippen LogP contribution >= 0.6 is 0 Å². The van der Waals surface area contributed by atoms with E-state index in [0.29, 0.717) is 29.4 Å². The van der Waals surface area contributed by atoms with Gasteiger partial charge in [-0.3, -0.25) is 0 Å². The first-order chi connectivity index (χ1) is 10.2. The lowest BCUT2D eigenvalue weighted by Gasteiger charge is -2.05. The van der Waals surface area contributed by atoms with Crippen LogP contribution in [-0.2, 0) is 13.1 Å². The van der Waals surface area contributed by atoms with E-state index >= 15 is 0 Å². The van der Waals surface area contributed by atoms with Crippen molar-refractivity contribution in [2.45, 2.75) is 13.1 Å². The minimum absolute atomic E-state index is 0.218. The Morgan fingerprint density at radius 1 is 1.33 bits per heavy atom. The fraction of sp³-hybridized carbons (Fsp3) is 0.231. The lowest BCUT2D eigenvalue weighted by Crippen LogP contribution is -2.09. The van der Waals surface area contributed by atoms with E-state index in [9.17, 15) is 4.39 Å². The summed E-state index contributed by atoms with van der Waals surface area (Å²) in [7, 11) is 1.74. The minimum Gasteiger partial charge on any atom is -0.371 e. The van der Waals surface area contributed by atoms with Crippen molar-refractivity contribution < 1.29 is 4.39 Å². The molecule has 2 aromatic heterocycles. The Hall–Kier alpha value is -2.61. The third kappa shape index (κ3) is 2.52. The molecule has 3 N–H and O–H groups in total. The number of nitrogens with zero attached hydrogens (tertiary/aromatic N) is 5. The molecule has 2 heterocycles. The van der Waals surface area contributed by atoms with Gasteiger partial charge in [0.15, 0.2) is 17.0 Å². The monoisotopic (exact) mass is 287 g/mol. The number of nitrogens with two attached hydrogens (primary N) is 1. The van der Waals surface area contributed by atoms with Crippen LogP contribution in [0.15, 0.2) is 24.3 Å². The molecule has 0 saturated heterocycles. The van der Waals surface area contributed by atoms with Gasteiger partial charge < -0.3 is 11.1 Å². The van der Waals surface area contributed by atoms with Gasteiger partial charge in [0.2, 0.25) is 0 Å². The van der Waals surface area contributed by atoms with Crippen molar-refractivity contribution in [3.05, 3.63) is 41.5 Å². The van der Waals surface area contributed by atoms with Crippen molar-refractivity contribution in [1.82, 2.24) is 25.0 Å². The van der Waals surface area contributed by atoms with Gasteiger partial charge in [-0.25, -0.2) is 19.0 Å². The molecule has 0 aliphatic rings. The summed E-state index contributed by atoms with van der Waals surface area (Å²) < 4.78 is 14.9. The summed E-state index contributed by atoms with van der Waals surface area (Å²) in [6, 6.07) is 6.33. The highest BCUT2D eigenvalue weighted by molar-refractivity contribution is 5.82. The SMILES string of the molecule is CNc1nc(CN)nc2c1nnn2Cc1cccc(F)c1. The zero-order chi connectivity index (χ0) is 14.8. The number of hydrogen-bond acceptors (Lipinski definition) is 6. The Morgan fingerprint density at radius 3 is 2.90 bits per heavy atom. The molecule has 7 nitrogen and oxygen atoms in total. The van der Waals surface area contributed by atoms with E-state index in [1.165, 1.54) is 12.1 Å². The highest BCUT2D eigenvalue weighted by atomic mass is 19.1. The van der Waals surface area contributed by atoms with E-state index in [-0.39, 0.29) is 12.4 Å². The standard InChI is InChI=1S/C13H14FN7/c1-16-12-11-13(18-10(6-15)17-12)21(20-19-11)7-8-3-2-4-9(14)5-8/h2-5H,6-7,15H2,1H3,(H,16,17,18). The van der Waals surface area contributed by atoms with Crippen LogP contribution in [-0.4, -0.2) is 32.0 Å². The normalized spacial score (nSPS) is 11.0. The lowest BCUT2D eigenvalue weighted by molar-refractivity contribution is 0.617. The summed E-state index contributed by atoms with van der Waals surface area (Å²) >= 11 is 0. The summed E-state index contributed by atoms with van der Waals surface area (Å²) in [5, 5.41) is 11.1. The molecular formula is C13H14FN7. The topological polar surface area (TPSA) is 94.5 Å². The molecule has 8 heteroatoms. The van der Waals surface area contributed by atoms with Crippen LogP contribution in [0.4, 0.5) is 10.2 Å². The molecule has 0 bridgehead atoms. The van der Waals surface area contributed by atoms with Gasteiger partial charge in [-0.1, -0.05) is 17.3 Å². The maximum absolute atomic E-state index is 13.2. The van der Waals surface area contributed by atoms with Gasteiger partial charge in [0.1, 0.15) is 11.6 Å². The third-order valence-electron chi connectivity index (χ3n) is 3.05. The zero-order valence-corrected chi connectivity index (χ0v) is 11.4. The molecule has 0 aliphatic carbocycles. The number of fused-ring (bicyclic) bond motifs is 1. The number of anilines is 1. The quantitative estimate of drug-likeness (QED) is 0.740. The summed E-state index contributed by atoms with van der Waals surface area (Å²) in [5.41, 5.74) is 7.51. The molecule has 0 aliphatic heterocycles. The van der Waals surface area contributed by atoms with Crippen LogP contribution in [0.5, 0.6) is 0 Å². The molecule has 1 aromatic carbocycles. The van der Waals surface area contributed by atoms with E-state index in [0.717, 1.165) is 5.56 Å². The number of halogens is 1. The van der Waals surface area contributed by atoms with E-state index < -0.39 is 0 Å². The lowest BCUT2D eigenvalue weighted by atomic mass is 10.2. The van der Waals surface area contributed by atoms with Crippen molar-refractivity contribution in [3.63, 3.8) is 0 Å². The second kappa shape index (κ2) is 5.41. The molecule has 0 spiro atoms. The maximum Gasteiger partial charge on any atom is 0.184 e. The predicted octanol–water partition coefficient (Wildman–Crippen LogP) is 0.909. The second-order valence-electron chi connectivity index (χ2n) is 4.49. The van der Waals surface area contributed by atoms with Gasteiger partial charge in [-0.15, -0.1) is 5.10 Å². The first-order valence-electron chi connectivity index (χ1n) is 6.43. The van der Waals surface area contributed by atoms with Crippen molar-refractivity contribution >= 4 is 17.0 Å². The highest BCUT2D eigenvalue weighted by Crippen LogP contribution is 2.18. The number of nitrogens with one attached hydrogen (secondary N) is 1. The Bertz CT molecular complexity index is 783. The molecule has 0 amide bonds. The molecule has 3 rings (SSSR count). The summed E-state index contributed by atoms with van der Waals surface area (Å²) in [5.74, 6) is 0.783. The first kappa shape index (κ1) is 13.4. The fourth-order valence-electron chi connectivity index (χ4n) is 2.08. The van der Waals surface area contributed by atoms with E-state index in [2.05, 4.69) is 25.6 Å². The molecule has 0 radical (unpaired) electrons. The predicted molar refractivity (Wildman–Crippen MR) is 76.1 cm³/mol. The smallest absolute Gasteiger partial charge is 0.184 e. The Balaban J connectivity index is 2.07. The molecule has 0 saturated carbocycles. The molecule has 3 aromatic rings. The molecule has 21 heavy (non-hydrogen) atoms. The van der Waals surface area contributed by atoms with Crippen molar-refractivity contribution in [2.24, 2.45) is 5.73 Å². The van der Waals surface area contributed by atoms with Gasteiger partial charge in [0.05, 0.1) is 13.1 Å². The third-order valence-corrected chi connectivity index (χ3v) is 3.05. The number of hydrogen-bond donors (Lipinski definition) is 2. The summed E-state index contributed by atoms with van der Waals surface area (Å²) in [6.45, 7) is 0.591. The Kier molecular flexibility index (Phi) is 3.44. The first-order valence-corrected chi connectivity index (χ1v) is 6.43. The number of rotatable bonds is 4. The summed E-state index contributed by atoms with van der Waals surface area (Å²) in [6.07, 6.45) is 0. The number of aromatic nitrogens is 5. The second-order valence-corrected chi connectivity index (χ2v) is 4.49. The van der Waals surface area contributed by atoms with Gasteiger partial charge in [-0.05, 0) is 17.7 Å². The molecule has 0 atom stereocenters. The van der Waals surface area contributed by atoms with Crippen molar-refractivity contribution in [1.29, 1.82) is 0 Å². The van der Waals surface area contributed by atoms with Crippen LogP contribution < -0.4 is 11.1 Å².